The van der Waals surface area contributed by atoms with Gasteiger partial charge in [0.1, 0.15) is 5.82 Å². The maximum absolute atomic E-state index is 4.38. The molecule has 0 saturated carbocycles. The minimum atomic E-state index is 0.617. The first-order chi connectivity index (χ1) is 7.79. The highest BCUT2D eigenvalue weighted by Gasteiger charge is 2.16. The molecule has 0 amide bonds. The van der Waals surface area contributed by atoms with E-state index in [4.69, 9.17) is 0 Å². The van der Waals surface area contributed by atoms with Crippen LogP contribution < -0.4 is 5.32 Å². The molecule has 1 aromatic heterocycles. The molecule has 1 aliphatic rings. The van der Waals surface area contributed by atoms with Crippen molar-refractivity contribution in [2.45, 2.75) is 39.4 Å². The lowest BCUT2D eigenvalue weighted by molar-refractivity contribution is 0.207. The maximum atomic E-state index is 4.38. The highest BCUT2D eigenvalue weighted by Crippen LogP contribution is 2.10. The first kappa shape index (κ1) is 11.6. The van der Waals surface area contributed by atoms with Crippen molar-refractivity contribution in [3.05, 3.63) is 18.2 Å². The summed E-state index contributed by atoms with van der Waals surface area (Å²) in [6.07, 6.45) is 5.20. The molecular formula is C12H22N4. The first-order valence-corrected chi connectivity index (χ1v) is 6.25. The highest BCUT2D eigenvalue weighted by atomic mass is 15.2. The monoisotopic (exact) mass is 222 g/mol. The average molecular weight is 222 g/mol. The zero-order valence-electron chi connectivity index (χ0n) is 10.3. The summed E-state index contributed by atoms with van der Waals surface area (Å²) in [7, 11) is 0. The van der Waals surface area contributed by atoms with Crippen molar-refractivity contribution in [2.24, 2.45) is 0 Å². The van der Waals surface area contributed by atoms with Crippen molar-refractivity contribution in [3.63, 3.8) is 0 Å². The molecule has 0 saturated heterocycles. The fourth-order valence-electron chi connectivity index (χ4n) is 2.24. The molecule has 0 aliphatic carbocycles. The molecule has 16 heavy (non-hydrogen) atoms. The quantitative estimate of drug-likeness (QED) is 0.809. The third-order valence-corrected chi connectivity index (χ3v) is 3.25. The standard InChI is InChI=1S/C12H22N4/c1-3-13-11(2)4-6-15-8-9-16-7-5-14-12(16)10-15/h5,7,11,13H,3-4,6,8-10H2,1-2H3. The number of aromatic nitrogens is 2. The Morgan fingerprint density at radius 1 is 1.50 bits per heavy atom. The van der Waals surface area contributed by atoms with E-state index in [0.717, 1.165) is 26.2 Å². The van der Waals surface area contributed by atoms with Crippen molar-refractivity contribution < 1.29 is 0 Å². The van der Waals surface area contributed by atoms with E-state index in [1.54, 1.807) is 0 Å². The fraction of sp³-hybridized carbons (Fsp3) is 0.750. The lowest BCUT2D eigenvalue weighted by Crippen LogP contribution is -2.37. The van der Waals surface area contributed by atoms with Gasteiger partial charge in [-0.2, -0.15) is 0 Å². The predicted molar refractivity (Wildman–Crippen MR) is 65.3 cm³/mol. The van der Waals surface area contributed by atoms with Crippen LogP contribution in [-0.2, 0) is 13.1 Å². The fourth-order valence-corrected chi connectivity index (χ4v) is 2.24. The Morgan fingerprint density at radius 2 is 2.38 bits per heavy atom. The summed E-state index contributed by atoms with van der Waals surface area (Å²) < 4.78 is 2.25. The number of hydrogen-bond acceptors (Lipinski definition) is 3. The molecule has 0 radical (unpaired) electrons. The number of fused-ring (bicyclic) bond motifs is 1. The van der Waals surface area contributed by atoms with Gasteiger partial charge in [-0.3, -0.25) is 4.90 Å². The van der Waals surface area contributed by atoms with Crippen LogP contribution in [0.3, 0.4) is 0 Å². The second-order valence-corrected chi connectivity index (χ2v) is 4.56. The Hall–Kier alpha value is -0.870. The van der Waals surface area contributed by atoms with E-state index in [0.29, 0.717) is 6.04 Å². The summed E-state index contributed by atoms with van der Waals surface area (Å²) in [5.41, 5.74) is 0. The number of nitrogens with one attached hydrogen (secondary N) is 1. The predicted octanol–water partition coefficient (Wildman–Crippen LogP) is 1.09. The molecular weight excluding hydrogens is 200 g/mol. The molecule has 2 heterocycles. The summed E-state index contributed by atoms with van der Waals surface area (Å²) >= 11 is 0. The zero-order chi connectivity index (χ0) is 11.4. The molecule has 0 spiro atoms. The van der Waals surface area contributed by atoms with Crippen molar-refractivity contribution in [3.8, 4) is 0 Å². The first-order valence-electron chi connectivity index (χ1n) is 6.25. The Morgan fingerprint density at radius 3 is 3.19 bits per heavy atom. The van der Waals surface area contributed by atoms with Crippen LogP contribution in [0.5, 0.6) is 0 Å². The lowest BCUT2D eigenvalue weighted by Gasteiger charge is -2.28. The second kappa shape index (κ2) is 5.46. The third kappa shape index (κ3) is 2.83. The summed E-state index contributed by atoms with van der Waals surface area (Å²) in [6.45, 7) is 9.90. The van der Waals surface area contributed by atoms with Crippen LogP contribution in [0, 0.1) is 0 Å². The van der Waals surface area contributed by atoms with E-state index >= 15 is 0 Å². The minimum Gasteiger partial charge on any atom is -0.333 e. The average Bonchev–Trinajstić information content (AvgIpc) is 2.74. The van der Waals surface area contributed by atoms with Gasteiger partial charge >= 0.3 is 0 Å². The van der Waals surface area contributed by atoms with E-state index in [1.165, 1.54) is 18.8 Å². The molecule has 0 fully saturated rings. The number of imidazole rings is 1. The largest absolute Gasteiger partial charge is 0.333 e. The van der Waals surface area contributed by atoms with Crippen LogP contribution in [0.2, 0.25) is 0 Å². The van der Waals surface area contributed by atoms with Crippen LogP contribution >= 0.6 is 0 Å². The Kier molecular flexibility index (Phi) is 3.96. The summed E-state index contributed by atoms with van der Waals surface area (Å²) in [4.78, 5) is 6.87. The normalized spacial score (nSPS) is 18.4. The van der Waals surface area contributed by atoms with E-state index < -0.39 is 0 Å². The van der Waals surface area contributed by atoms with E-state index in [1.807, 2.05) is 6.20 Å². The van der Waals surface area contributed by atoms with Gasteiger partial charge in [-0.25, -0.2) is 4.98 Å². The van der Waals surface area contributed by atoms with E-state index in [-0.39, 0.29) is 0 Å². The van der Waals surface area contributed by atoms with Gasteiger partial charge in [-0.15, -0.1) is 0 Å². The van der Waals surface area contributed by atoms with Gasteiger partial charge in [0.2, 0.25) is 0 Å². The number of nitrogens with zero attached hydrogens (tertiary/aromatic N) is 3. The summed E-state index contributed by atoms with van der Waals surface area (Å²) in [6, 6.07) is 0.617. The molecule has 1 aromatic rings. The van der Waals surface area contributed by atoms with Crippen LogP contribution in [-0.4, -0.2) is 40.1 Å². The molecule has 0 bridgehead atoms. The Bertz CT molecular complexity index is 321. The molecule has 0 aromatic carbocycles. The molecule has 1 atom stereocenters. The van der Waals surface area contributed by atoms with E-state index in [9.17, 15) is 0 Å². The van der Waals surface area contributed by atoms with Gasteiger partial charge in [-0.1, -0.05) is 6.92 Å². The summed E-state index contributed by atoms with van der Waals surface area (Å²) in [5.74, 6) is 1.21. The van der Waals surface area contributed by atoms with Crippen LogP contribution in [0.4, 0.5) is 0 Å². The molecule has 2 rings (SSSR count). The summed E-state index contributed by atoms with van der Waals surface area (Å²) in [5, 5.41) is 3.45. The molecule has 4 nitrogen and oxygen atoms in total. The maximum Gasteiger partial charge on any atom is 0.122 e. The van der Waals surface area contributed by atoms with Gasteiger partial charge < -0.3 is 9.88 Å². The van der Waals surface area contributed by atoms with Crippen LogP contribution in [0.25, 0.3) is 0 Å². The smallest absolute Gasteiger partial charge is 0.122 e. The van der Waals surface area contributed by atoms with E-state index in [2.05, 4.69) is 39.8 Å². The minimum absolute atomic E-state index is 0.617. The third-order valence-electron chi connectivity index (χ3n) is 3.25. The van der Waals surface area contributed by atoms with Crippen molar-refractivity contribution >= 4 is 0 Å². The topological polar surface area (TPSA) is 33.1 Å². The molecule has 4 heteroatoms. The molecule has 90 valence electrons. The number of rotatable bonds is 5. The van der Waals surface area contributed by atoms with Crippen LogP contribution in [0.15, 0.2) is 12.4 Å². The second-order valence-electron chi connectivity index (χ2n) is 4.56. The SMILES string of the molecule is CCNC(C)CCN1CCn2ccnc2C1. The molecule has 1 unspecified atom stereocenters. The highest BCUT2D eigenvalue weighted by molar-refractivity contribution is 4.95. The lowest BCUT2D eigenvalue weighted by atomic mass is 10.2. The van der Waals surface area contributed by atoms with Crippen molar-refractivity contribution in [2.75, 3.05) is 19.6 Å². The number of hydrogen-bond donors (Lipinski definition) is 1. The van der Waals surface area contributed by atoms with Crippen molar-refractivity contribution in [1.82, 2.24) is 19.8 Å². The Labute approximate surface area is 97.7 Å². The van der Waals surface area contributed by atoms with Crippen molar-refractivity contribution in [1.29, 1.82) is 0 Å². The Balaban J connectivity index is 1.77. The van der Waals surface area contributed by atoms with Gasteiger partial charge in [0.25, 0.3) is 0 Å². The molecule has 1 N–H and O–H groups in total. The van der Waals surface area contributed by atoms with Gasteiger partial charge in [-0.05, 0) is 19.9 Å². The van der Waals surface area contributed by atoms with Gasteiger partial charge in [0.15, 0.2) is 0 Å². The molecule has 1 aliphatic heterocycles. The zero-order valence-corrected chi connectivity index (χ0v) is 10.3. The van der Waals surface area contributed by atoms with Crippen LogP contribution in [0.1, 0.15) is 26.1 Å². The van der Waals surface area contributed by atoms with Gasteiger partial charge in [0.05, 0.1) is 6.54 Å². The van der Waals surface area contributed by atoms with Gasteiger partial charge in [0, 0.05) is 38.1 Å².